The Labute approximate surface area is 164 Å². The molecule has 0 unspecified atom stereocenters. The average Bonchev–Trinajstić information content (AvgIpc) is 3.09. The van der Waals surface area contributed by atoms with E-state index in [1.165, 1.54) is 12.1 Å². The molecule has 1 saturated heterocycles. The summed E-state index contributed by atoms with van der Waals surface area (Å²) in [5, 5.41) is 3.40. The van der Waals surface area contributed by atoms with Gasteiger partial charge in [0.05, 0.1) is 17.7 Å². The molecule has 3 aromatic rings. The van der Waals surface area contributed by atoms with Crippen LogP contribution in [-0.4, -0.2) is 27.6 Å². The smallest absolute Gasteiger partial charge is 0.123 e. The predicted octanol–water partition coefficient (Wildman–Crippen LogP) is 4.52. The highest BCUT2D eigenvalue weighted by molar-refractivity contribution is 5.85. The van der Waals surface area contributed by atoms with E-state index in [4.69, 9.17) is 0 Å². The summed E-state index contributed by atoms with van der Waals surface area (Å²) in [6.07, 6.45) is 7.67. The zero-order valence-corrected chi connectivity index (χ0v) is 15.8. The van der Waals surface area contributed by atoms with Gasteiger partial charge >= 0.3 is 0 Å². The van der Waals surface area contributed by atoms with Gasteiger partial charge in [0, 0.05) is 29.6 Å². The van der Waals surface area contributed by atoms with Gasteiger partial charge in [-0.25, -0.2) is 9.37 Å². The molecule has 138 valence electrons. The molecular formula is C19H21Cl2FN4. The van der Waals surface area contributed by atoms with E-state index in [1.807, 2.05) is 18.5 Å². The molecule has 0 spiro atoms. The van der Waals surface area contributed by atoms with Crippen LogP contribution in [-0.2, 0) is 0 Å². The van der Waals surface area contributed by atoms with Crippen molar-refractivity contribution < 1.29 is 4.39 Å². The largest absolute Gasteiger partial charge is 0.327 e. The lowest BCUT2D eigenvalue weighted by Crippen LogP contribution is -2.29. The third-order valence-corrected chi connectivity index (χ3v) is 4.57. The number of imidazole rings is 1. The Morgan fingerprint density at radius 3 is 2.23 bits per heavy atom. The summed E-state index contributed by atoms with van der Waals surface area (Å²) in [4.78, 5) is 8.79. The second-order valence-electron chi connectivity index (χ2n) is 6.07. The number of hydrogen-bond acceptors (Lipinski definition) is 3. The first-order valence-electron chi connectivity index (χ1n) is 8.27. The number of benzene rings is 1. The van der Waals surface area contributed by atoms with Crippen molar-refractivity contribution in [2.24, 2.45) is 0 Å². The predicted molar refractivity (Wildman–Crippen MR) is 106 cm³/mol. The van der Waals surface area contributed by atoms with Crippen LogP contribution in [0.4, 0.5) is 4.39 Å². The summed E-state index contributed by atoms with van der Waals surface area (Å²) in [6, 6.07) is 11.0. The van der Waals surface area contributed by atoms with Crippen molar-refractivity contribution in [3.05, 3.63) is 60.9 Å². The molecule has 0 radical (unpaired) electrons. The number of nitrogens with one attached hydrogen (secondary N) is 1. The Morgan fingerprint density at radius 2 is 1.58 bits per heavy atom. The van der Waals surface area contributed by atoms with Crippen molar-refractivity contribution in [2.75, 3.05) is 13.1 Å². The highest BCUT2D eigenvalue weighted by Crippen LogP contribution is 2.35. The molecule has 1 aliphatic heterocycles. The monoisotopic (exact) mass is 394 g/mol. The van der Waals surface area contributed by atoms with E-state index in [2.05, 4.69) is 19.9 Å². The van der Waals surface area contributed by atoms with Crippen molar-refractivity contribution in [2.45, 2.75) is 18.9 Å². The van der Waals surface area contributed by atoms with Crippen LogP contribution >= 0.6 is 24.8 Å². The maximum Gasteiger partial charge on any atom is 0.123 e. The molecular weight excluding hydrogens is 374 g/mol. The van der Waals surface area contributed by atoms with Crippen LogP contribution in [0.2, 0.25) is 0 Å². The van der Waals surface area contributed by atoms with Gasteiger partial charge < -0.3 is 9.88 Å². The van der Waals surface area contributed by atoms with E-state index >= 15 is 0 Å². The fourth-order valence-corrected chi connectivity index (χ4v) is 3.34. The minimum absolute atomic E-state index is 0. The molecule has 0 saturated carbocycles. The number of hydrogen-bond donors (Lipinski definition) is 1. The van der Waals surface area contributed by atoms with Gasteiger partial charge in [0.1, 0.15) is 5.82 Å². The first-order chi connectivity index (χ1) is 11.8. The van der Waals surface area contributed by atoms with E-state index in [0.29, 0.717) is 6.04 Å². The molecule has 1 N–H and O–H groups in total. The summed E-state index contributed by atoms with van der Waals surface area (Å²) in [5.74, 6) is -0.234. The zero-order valence-electron chi connectivity index (χ0n) is 14.1. The molecule has 3 heterocycles. The van der Waals surface area contributed by atoms with Gasteiger partial charge in [-0.15, -0.1) is 24.8 Å². The van der Waals surface area contributed by atoms with Crippen molar-refractivity contribution in [3.63, 3.8) is 0 Å². The number of rotatable bonds is 3. The Morgan fingerprint density at radius 1 is 0.923 bits per heavy atom. The molecule has 2 aromatic heterocycles. The third kappa shape index (κ3) is 4.06. The lowest BCUT2D eigenvalue weighted by molar-refractivity contribution is 0.370. The van der Waals surface area contributed by atoms with Crippen LogP contribution in [0.25, 0.3) is 22.5 Å². The Balaban J connectivity index is 0.00000121. The van der Waals surface area contributed by atoms with Crippen molar-refractivity contribution >= 4 is 24.8 Å². The van der Waals surface area contributed by atoms with Crippen LogP contribution in [0.5, 0.6) is 0 Å². The number of piperidine rings is 1. The maximum absolute atomic E-state index is 13.3. The SMILES string of the molecule is Cl.Cl.Fc1ccc(-c2ncn(C3CCNCC3)c2-c2ccncc2)cc1. The fourth-order valence-electron chi connectivity index (χ4n) is 3.34. The van der Waals surface area contributed by atoms with Crippen molar-refractivity contribution in [3.8, 4) is 22.5 Å². The maximum atomic E-state index is 13.3. The van der Waals surface area contributed by atoms with Crippen LogP contribution in [0, 0.1) is 5.82 Å². The van der Waals surface area contributed by atoms with Gasteiger partial charge in [-0.05, 0) is 62.3 Å². The first kappa shape index (κ1) is 20.4. The summed E-state index contributed by atoms with van der Waals surface area (Å²) in [5.41, 5.74) is 3.98. The van der Waals surface area contributed by atoms with Gasteiger partial charge in [0.2, 0.25) is 0 Å². The van der Waals surface area contributed by atoms with E-state index in [-0.39, 0.29) is 30.6 Å². The summed E-state index contributed by atoms with van der Waals surface area (Å²) in [6.45, 7) is 2.04. The number of halogens is 3. The highest BCUT2D eigenvalue weighted by Gasteiger charge is 2.22. The number of nitrogens with zero attached hydrogens (tertiary/aromatic N) is 3. The second-order valence-corrected chi connectivity index (χ2v) is 6.07. The van der Waals surface area contributed by atoms with Crippen LogP contribution in [0.3, 0.4) is 0 Å². The van der Waals surface area contributed by atoms with E-state index < -0.39 is 0 Å². The van der Waals surface area contributed by atoms with Gasteiger partial charge in [-0.3, -0.25) is 4.98 Å². The minimum Gasteiger partial charge on any atom is -0.327 e. The summed E-state index contributed by atoms with van der Waals surface area (Å²) in [7, 11) is 0. The fraction of sp³-hybridized carbons (Fsp3) is 0.263. The Hall–Kier alpha value is -1.95. The first-order valence-corrected chi connectivity index (χ1v) is 8.27. The van der Waals surface area contributed by atoms with Gasteiger partial charge in [-0.2, -0.15) is 0 Å². The summed E-state index contributed by atoms with van der Waals surface area (Å²) < 4.78 is 15.6. The molecule has 0 bridgehead atoms. The third-order valence-electron chi connectivity index (χ3n) is 4.57. The second kappa shape index (κ2) is 9.12. The molecule has 0 amide bonds. The normalized spacial score (nSPS) is 14.3. The quantitative estimate of drug-likeness (QED) is 0.709. The van der Waals surface area contributed by atoms with Crippen LogP contribution in [0.15, 0.2) is 55.1 Å². The number of aromatic nitrogens is 3. The summed E-state index contributed by atoms with van der Waals surface area (Å²) >= 11 is 0. The molecule has 1 aliphatic rings. The Kier molecular flexibility index (Phi) is 7.14. The van der Waals surface area contributed by atoms with Crippen molar-refractivity contribution in [1.82, 2.24) is 19.9 Å². The highest BCUT2D eigenvalue weighted by atomic mass is 35.5. The lowest BCUT2D eigenvalue weighted by atomic mass is 10.0. The minimum atomic E-state index is -0.234. The van der Waals surface area contributed by atoms with Crippen LogP contribution < -0.4 is 5.32 Å². The van der Waals surface area contributed by atoms with Crippen molar-refractivity contribution in [1.29, 1.82) is 0 Å². The standard InChI is InChI=1S/C19H19FN4.2ClH/c20-16-3-1-14(2-4-16)18-19(15-5-9-21-10-6-15)24(13-23-18)17-7-11-22-12-8-17;;/h1-6,9-10,13,17,22H,7-8,11-12H2;2*1H. The molecule has 26 heavy (non-hydrogen) atoms. The van der Waals surface area contributed by atoms with Gasteiger partial charge in [-0.1, -0.05) is 0 Å². The van der Waals surface area contributed by atoms with E-state index in [0.717, 1.165) is 48.4 Å². The zero-order chi connectivity index (χ0) is 16.4. The molecule has 4 nitrogen and oxygen atoms in total. The molecule has 0 aliphatic carbocycles. The molecule has 1 aromatic carbocycles. The lowest BCUT2D eigenvalue weighted by Gasteiger charge is -2.26. The van der Waals surface area contributed by atoms with E-state index in [1.54, 1.807) is 24.5 Å². The molecule has 7 heteroatoms. The van der Waals surface area contributed by atoms with E-state index in [9.17, 15) is 4.39 Å². The number of pyridine rings is 1. The topological polar surface area (TPSA) is 42.7 Å². The average molecular weight is 395 g/mol. The Bertz CT molecular complexity index is 815. The molecule has 1 fully saturated rings. The molecule has 4 rings (SSSR count). The molecule has 0 atom stereocenters. The van der Waals surface area contributed by atoms with Gasteiger partial charge in [0.25, 0.3) is 0 Å². The van der Waals surface area contributed by atoms with Crippen LogP contribution in [0.1, 0.15) is 18.9 Å². The van der Waals surface area contributed by atoms with Gasteiger partial charge in [0.15, 0.2) is 0 Å².